The third-order valence-electron chi connectivity index (χ3n) is 5.56. The molecule has 0 aliphatic heterocycles. The highest BCUT2D eigenvalue weighted by molar-refractivity contribution is 5.67. The van der Waals surface area contributed by atoms with Gasteiger partial charge in [0.15, 0.2) is 0 Å². The Labute approximate surface area is 196 Å². The Morgan fingerprint density at radius 1 is 1.12 bits per heavy atom. The number of aromatic nitrogens is 1. The van der Waals surface area contributed by atoms with Crippen LogP contribution >= 0.6 is 0 Å². The molecular formula is C26H28F3NO4. The second kappa shape index (κ2) is 10.3. The number of halogens is 3. The number of hydrogen-bond donors (Lipinski definition) is 1. The molecule has 0 aliphatic rings. The molecule has 0 saturated carbocycles. The van der Waals surface area contributed by atoms with Gasteiger partial charge in [0.25, 0.3) is 0 Å². The maximum absolute atomic E-state index is 12.9. The predicted molar refractivity (Wildman–Crippen MR) is 122 cm³/mol. The van der Waals surface area contributed by atoms with Gasteiger partial charge in [0.2, 0.25) is 5.89 Å². The number of aryl methyl sites for hydroxylation is 2. The first kappa shape index (κ1) is 25.3. The van der Waals surface area contributed by atoms with Crippen LogP contribution in [0.25, 0.3) is 11.5 Å². The van der Waals surface area contributed by atoms with Crippen molar-refractivity contribution < 1.29 is 32.2 Å². The van der Waals surface area contributed by atoms with E-state index in [1.54, 1.807) is 0 Å². The molecule has 34 heavy (non-hydrogen) atoms. The Bertz CT molecular complexity index is 1130. The molecule has 2 aromatic carbocycles. The van der Waals surface area contributed by atoms with Gasteiger partial charge in [-0.2, -0.15) is 13.2 Å². The lowest BCUT2D eigenvalue weighted by molar-refractivity contribution is -0.138. The van der Waals surface area contributed by atoms with Crippen molar-refractivity contribution in [3.63, 3.8) is 0 Å². The average Bonchev–Trinajstić information content (AvgIpc) is 3.22. The summed E-state index contributed by atoms with van der Waals surface area (Å²) in [6, 6.07) is 10.3. The molecule has 0 aliphatic carbocycles. The molecule has 0 saturated heterocycles. The number of nitrogens with zero attached hydrogens (tertiary/aromatic N) is 1. The highest BCUT2D eigenvalue weighted by Gasteiger charge is 2.30. The SMILES string of the molecule is Cc1cc(OCC(C)c2oc(-c3ccc(C(F)(F)F)cc3)nc2C(C)C)ccc1CCC(=O)O. The molecule has 0 bridgehead atoms. The molecule has 1 atom stereocenters. The van der Waals surface area contributed by atoms with E-state index in [1.807, 2.05) is 45.9 Å². The van der Waals surface area contributed by atoms with Crippen LogP contribution in [-0.2, 0) is 17.4 Å². The van der Waals surface area contributed by atoms with Crippen molar-refractivity contribution in [2.45, 2.75) is 58.5 Å². The van der Waals surface area contributed by atoms with E-state index in [2.05, 4.69) is 4.98 Å². The van der Waals surface area contributed by atoms with Crippen molar-refractivity contribution in [3.8, 4) is 17.2 Å². The largest absolute Gasteiger partial charge is 0.493 e. The van der Waals surface area contributed by atoms with Crippen LogP contribution in [0.4, 0.5) is 13.2 Å². The first-order valence-corrected chi connectivity index (χ1v) is 11.1. The van der Waals surface area contributed by atoms with Crippen molar-refractivity contribution in [2.75, 3.05) is 6.61 Å². The van der Waals surface area contributed by atoms with Gasteiger partial charge >= 0.3 is 12.1 Å². The molecule has 0 spiro atoms. The topological polar surface area (TPSA) is 72.6 Å². The van der Waals surface area contributed by atoms with Crippen molar-refractivity contribution in [2.24, 2.45) is 0 Å². The summed E-state index contributed by atoms with van der Waals surface area (Å²) in [5, 5.41) is 8.87. The summed E-state index contributed by atoms with van der Waals surface area (Å²) in [5.41, 5.74) is 2.41. The van der Waals surface area contributed by atoms with E-state index in [-0.39, 0.29) is 24.1 Å². The zero-order chi connectivity index (χ0) is 25.0. The van der Waals surface area contributed by atoms with E-state index in [4.69, 9.17) is 14.3 Å². The average molecular weight is 476 g/mol. The van der Waals surface area contributed by atoms with E-state index in [9.17, 15) is 18.0 Å². The molecule has 1 unspecified atom stereocenters. The van der Waals surface area contributed by atoms with Crippen LogP contribution in [0, 0.1) is 6.92 Å². The van der Waals surface area contributed by atoms with Gasteiger partial charge in [-0.15, -0.1) is 0 Å². The number of ether oxygens (including phenoxy) is 1. The minimum absolute atomic E-state index is 0.0557. The summed E-state index contributed by atoms with van der Waals surface area (Å²) in [7, 11) is 0. The quantitative estimate of drug-likeness (QED) is 0.361. The van der Waals surface area contributed by atoms with Crippen molar-refractivity contribution in [3.05, 3.63) is 70.6 Å². The molecule has 1 aromatic heterocycles. The first-order chi connectivity index (χ1) is 16.0. The lowest BCUT2D eigenvalue weighted by Gasteiger charge is -2.14. The lowest BCUT2D eigenvalue weighted by Crippen LogP contribution is -2.09. The summed E-state index contributed by atoms with van der Waals surface area (Å²) in [6.45, 7) is 8.12. The first-order valence-electron chi connectivity index (χ1n) is 11.1. The number of rotatable bonds is 9. The number of carboxylic acids is 1. The molecular weight excluding hydrogens is 447 g/mol. The van der Waals surface area contributed by atoms with E-state index in [0.717, 1.165) is 29.0 Å². The predicted octanol–water partition coefficient (Wildman–Crippen LogP) is 6.99. The Morgan fingerprint density at radius 3 is 2.35 bits per heavy atom. The Hall–Kier alpha value is -3.29. The number of benzene rings is 2. The maximum Gasteiger partial charge on any atom is 0.416 e. The minimum atomic E-state index is -4.40. The molecule has 8 heteroatoms. The number of carbonyl (C=O) groups is 1. The van der Waals surface area contributed by atoms with Gasteiger partial charge in [-0.3, -0.25) is 4.79 Å². The monoisotopic (exact) mass is 475 g/mol. The van der Waals surface area contributed by atoms with Gasteiger partial charge in [0.05, 0.1) is 23.8 Å². The third-order valence-corrected chi connectivity index (χ3v) is 5.56. The van der Waals surface area contributed by atoms with E-state index in [0.29, 0.717) is 30.1 Å². The number of hydrogen-bond acceptors (Lipinski definition) is 4. The Kier molecular flexibility index (Phi) is 7.69. The minimum Gasteiger partial charge on any atom is -0.493 e. The summed E-state index contributed by atoms with van der Waals surface area (Å²) < 4.78 is 50.6. The van der Waals surface area contributed by atoms with Gasteiger partial charge in [-0.05, 0) is 66.8 Å². The second-order valence-corrected chi connectivity index (χ2v) is 8.69. The number of aliphatic carboxylic acids is 1. The van der Waals surface area contributed by atoms with Crippen LogP contribution in [0.2, 0.25) is 0 Å². The summed E-state index contributed by atoms with van der Waals surface area (Å²) >= 11 is 0. The smallest absolute Gasteiger partial charge is 0.416 e. The molecule has 3 rings (SSSR count). The molecule has 3 aromatic rings. The molecule has 0 fully saturated rings. The van der Waals surface area contributed by atoms with Gasteiger partial charge in [-0.1, -0.05) is 26.8 Å². The molecule has 0 radical (unpaired) electrons. The molecule has 0 amide bonds. The fourth-order valence-corrected chi connectivity index (χ4v) is 3.61. The number of alkyl halides is 3. The fourth-order valence-electron chi connectivity index (χ4n) is 3.61. The van der Waals surface area contributed by atoms with Crippen molar-refractivity contribution >= 4 is 5.97 Å². The Balaban J connectivity index is 1.74. The van der Waals surface area contributed by atoms with Gasteiger partial charge < -0.3 is 14.3 Å². The van der Waals surface area contributed by atoms with Crippen molar-refractivity contribution in [1.82, 2.24) is 4.98 Å². The van der Waals surface area contributed by atoms with Crippen LogP contribution in [0.15, 0.2) is 46.9 Å². The van der Waals surface area contributed by atoms with Crippen LogP contribution < -0.4 is 4.74 Å². The van der Waals surface area contributed by atoms with Gasteiger partial charge in [0, 0.05) is 12.0 Å². The van der Waals surface area contributed by atoms with Crippen LogP contribution in [-0.4, -0.2) is 22.7 Å². The number of oxazole rings is 1. The lowest BCUT2D eigenvalue weighted by atomic mass is 10.0. The number of carboxylic acid groups (broad SMARTS) is 1. The van der Waals surface area contributed by atoms with Gasteiger partial charge in [-0.25, -0.2) is 4.98 Å². The van der Waals surface area contributed by atoms with Crippen LogP contribution in [0.3, 0.4) is 0 Å². The summed E-state index contributed by atoms with van der Waals surface area (Å²) in [4.78, 5) is 15.4. The zero-order valence-electron chi connectivity index (χ0n) is 19.6. The molecule has 182 valence electrons. The highest BCUT2D eigenvalue weighted by Crippen LogP contribution is 2.34. The summed E-state index contributed by atoms with van der Waals surface area (Å²) in [6.07, 6.45) is -3.87. The Morgan fingerprint density at radius 2 is 1.79 bits per heavy atom. The standard InChI is InChI=1S/C26H28F3NO4/c1-15(2)23-24(34-25(30-23)19-5-9-20(10-6-19)26(27,28)29)17(4)14-33-21-11-7-18(16(3)13-21)8-12-22(31)32/h5-7,9-11,13,15,17H,8,12,14H2,1-4H3,(H,31,32). The normalized spacial score (nSPS) is 12.7. The van der Waals surface area contributed by atoms with E-state index >= 15 is 0 Å². The van der Waals surface area contributed by atoms with Crippen LogP contribution in [0.5, 0.6) is 5.75 Å². The summed E-state index contributed by atoms with van der Waals surface area (Å²) in [5.74, 6) is 0.645. The highest BCUT2D eigenvalue weighted by atomic mass is 19.4. The van der Waals surface area contributed by atoms with Crippen LogP contribution in [0.1, 0.15) is 67.2 Å². The zero-order valence-corrected chi connectivity index (χ0v) is 19.6. The fraction of sp³-hybridized carbons (Fsp3) is 0.385. The van der Waals surface area contributed by atoms with E-state index in [1.165, 1.54) is 12.1 Å². The van der Waals surface area contributed by atoms with Gasteiger partial charge in [0.1, 0.15) is 11.5 Å². The molecule has 5 nitrogen and oxygen atoms in total. The molecule has 1 heterocycles. The maximum atomic E-state index is 12.9. The third kappa shape index (κ3) is 6.18. The van der Waals surface area contributed by atoms with Crippen molar-refractivity contribution in [1.29, 1.82) is 0 Å². The molecule has 1 N–H and O–H groups in total. The second-order valence-electron chi connectivity index (χ2n) is 8.69. The van der Waals surface area contributed by atoms with E-state index < -0.39 is 17.7 Å².